The second-order valence-corrected chi connectivity index (χ2v) is 7.45. The Kier molecular flexibility index (Phi) is 6.57. The van der Waals surface area contributed by atoms with Gasteiger partial charge in [-0.15, -0.1) is 11.8 Å². The maximum atomic E-state index is 4.93. The maximum absolute atomic E-state index is 4.93. The van der Waals surface area contributed by atoms with E-state index in [0.717, 1.165) is 40.3 Å². The highest BCUT2D eigenvalue weighted by Crippen LogP contribution is 2.24. The Morgan fingerprint density at radius 3 is 2.77 bits per heavy atom. The van der Waals surface area contributed by atoms with Crippen molar-refractivity contribution in [1.29, 1.82) is 0 Å². The summed E-state index contributed by atoms with van der Waals surface area (Å²) in [5.74, 6) is 0.903. The molecule has 0 aliphatic heterocycles. The Bertz CT molecular complexity index is 1150. The Morgan fingerprint density at radius 2 is 1.97 bits per heavy atom. The molecule has 3 aromatic heterocycles. The average Bonchev–Trinajstić information content (AvgIpc) is 3.21. The fraction of sp³-hybridized carbons (Fsp3) is 0.125. The van der Waals surface area contributed by atoms with Crippen molar-refractivity contribution in [2.24, 2.45) is 0 Å². The van der Waals surface area contributed by atoms with Crippen molar-refractivity contribution in [2.75, 3.05) is 11.6 Å². The molecule has 0 amide bonds. The number of allylic oxidation sites excluding steroid dienone is 3. The van der Waals surface area contributed by atoms with Crippen LogP contribution in [0.5, 0.6) is 0 Å². The van der Waals surface area contributed by atoms with Gasteiger partial charge in [0, 0.05) is 36.1 Å². The largest absolute Gasteiger partial charge is 0.366 e. The molecule has 0 aliphatic rings. The summed E-state index contributed by atoms with van der Waals surface area (Å²) in [6, 6.07) is 16.3. The first kappa shape index (κ1) is 19.9. The van der Waals surface area contributed by atoms with Crippen LogP contribution in [0.2, 0.25) is 0 Å². The highest BCUT2D eigenvalue weighted by atomic mass is 32.2. The Labute approximate surface area is 180 Å². The van der Waals surface area contributed by atoms with E-state index in [1.54, 1.807) is 18.0 Å². The van der Waals surface area contributed by atoms with E-state index in [1.807, 2.05) is 59.6 Å². The lowest BCUT2D eigenvalue weighted by molar-refractivity contribution is 0.925. The molecule has 0 spiro atoms. The van der Waals surface area contributed by atoms with Gasteiger partial charge in [0.05, 0.1) is 11.9 Å². The van der Waals surface area contributed by atoms with Crippen LogP contribution in [0.1, 0.15) is 11.1 Å². The van der Waals surface area contributed by atoms with Crippen molar-refractivity contribution in [3.05, 3.63) is 102 Å². The SMILES string of the molecule is CS/C=C\C=C\Cc1cnn2c(NCc3cccnc3)cc(-c3ccccc3)nc12. The molecule has 150 valence electrons. The van der Waals surface area contributed by atoms with Gasteiger partial charge in [0.15, 0.2) is 5.65 Å². The summed E-state index contributed by atoms with van der Waals surface area (Å²) >= 11 is 1.68. The van der Waals surface area contributed by atoms with E-state index in [-0.39, 0.29) is 0 Å². The summed E-state index contributed by atoms with van der Waals surface area (Å²) in [4.78, 5) is 9.12. The molecule has 0 bridgehead atoms. The maximum Gasteiger partial charge on any atom is 0.161 e. The second kappa shape index (κ2) is 9.89. The number of aromatic nitrogens is 4. The average molecular weight is 414 g/mol. The molecule has 4 rings (SSSR count). The van der Waals surface area contributed by atoms with Crippen LogP contribution in [0, 0.1) is 0 Å². The molecule has 0 radical (unpaired) electrons. The number of rotatable bonds is 8. The van der Waals surface area contributed by atoms with Gasteiger partial charge in [0.25, 0.3) is 0 Å². The Balaban J connectivity index is 1.69. The van der Waals surface area contributed by atoms with Crippen molar-refractivity contribution < 1.29 is 0 Å². The van der Waals surface area contributed by atoms with Gasteiger partial charge in [0.1, 0.15) is 5.82 Å². The van der Waals surface area contributed by atoms with Crippen molar-refractivity contribution >= 4 is 23.2 Å². The zero-order chi connectivity index (χ0) is 20.6. The molecular formula is C24H23N5S. The molecule has 0 aliphatic carbocycles. The van der Waals surface area contributed by atoms with E-state index in [2.05, 4.69) is 51.2 Å². The lowest BCUT2D eigenvalue weighted by Gasteiger charge is -2.11. The summed E-state index contributed by atoms with van der Waals surface area (Å²) in [6.07, 6.45) is 14.6. The lowest BCUT2D eigenvalue weighted by Crippen LogP contribution is -2.07. The van der Waals surface area contributed by atoms with E-state index < -0.39 is 0 Å². The van der Waals surface area contributed by atoms with Crippen molar-refractivity contribution in [3.8, 4) is 11.3 Å². The van der Waals surface area contributed by atoms with Crippen LogP contribution < -0.4 is 5.32 Å². The number of hydrogen-bond acceptors (Lipinski definition) is 5. The van der Waals surface area contributed by atoms with Crippen LogP contribution in [-0.4, -0.2) is 25.8 Å². The number of benzene rings is 1. The first-order valence-corrected chi connectivity index (χ1v) is 11.0. The summed E-state index contributed by atoms with van der Waals surface area (Å²) in [7, 11) is 0. The molecule has 4 aromatic rings. The van der Waals surface area contributed by atoms with E-state index in [0.29, 0.717) is 6.54 Å². The van der Waals surface area contributed by atoms with Gasteiger partial charge in [-0.25, -0.2) is 4.98 Å². The topological polar surface area (TPSA) is 55.1 Å². The molecule has 0 saturated carbocycles. The fourth-order valence-electron chi connectivity index (χ4n) is 3.13. The number of thioether (sulfide) groups is 1. The molecular weight excluding hydrogens is 390 g/mol. The van der Waals surface area contributed by atoms with Gasteiger partial charge in [-0.3, -0.25) is 4.98 Å². The third kappa shape index (κ3) is 4.78. The third-order valence-corrected chi connectivity index (χ3v) is 5.04. The third-order valence-electron chi connectivity index (χ3n) is 4.61. The van der Waals surface area contributed by atoms with Gasteiger partial charge in [-0.1, -0.05) is 54.6 Å². The minimum atomic E-state index is 0.662. The van der Waals surface area contributed by atoms with Crippen LogP contribution >= 0.6 is 11.8 Å². The summed E-state index contributed by atoms with van der Waals surface area (Å²) in [6.45, 7) is 0.662. The normalized spacial score (nSPS) is 11.6. The molecule has 0 atom stereocenters. The van der Waals surface area contributed by atoms with Gasteiger partial charge in [0.2, 0.25) is 0 Å². The summed E-state index contributed by atoms with van der Waals surface area (Å²) in [5.41, 5.74) is 5.06. The van der Waals surface area contributed by atoms with Crippen LogP contribution in [0.25, 0.3) is 16.9 Å². The highest BCUT2D eigenvalue weighted by molar-refractivity contribution is 8.01. The van der Waals surface area contributed by atoms with Crippen molar-refractivity contribution in [2.45, 2.75) is 13.0 Å². The van der Waals surface area contributed by atoms with Gasteiger partial charge < -0.3 is 5.32 Å². The molecule has 6 heteroatoms. The van der Waals surface area contributed by atoms with Crippen LogP contribution in [-0.2, 0) is 13.0 Å². The monoisotopic (exact) mass is 413 g/mol. The van der Waals surface area contributed by atoms with Gasteiger partial charge >= 0.3 is 0 Å². The van der Waals surface area contributed by atoms with Gasteiger partial charge in [-0.2, -0.15) is 9.61 Å². The molecule has 1 aromatic carbocycles. The van der Waals surface area contributed by atoms with Crippen LogP contribution in [0.15, 0.2) is 90.8 Å². The number of fused-ring (bicyclic) bond motifs is 1. The van der Waals surface area contributed by atoms with E-state index in [9.17, 15) is 0 Å². The van der Waals surface area contributed by atoms with Crippen molar-refractivity contribution in [1.82, 2.24) is 19.6 Å². The van der Waals surface area contributed by atoms with Crippen molar-refractivity contribution in [3.63, 3.8) is 0 Å². The first-order chi connectivity index (χ1) is 14.8. The zero-order valence-electron chi connectivity index (χ0n) is 16.8. The minimum Gasteiger partial charge on any atom is -0.366 e. The lowest BCUT2D eigenvalue weighted by atomic mass is 10.1. The standard InChI is InChI=1S/C24H23N5S/c1-30-14-7-3-6-12-21-18-27-29-23(26-17-19-9-8-13-25-16-19)15-22(28-24(21)29)20-10-4-2-5-11-20/h2-11,13-16,18,26H,12,17H2,1H3/b6-3+,14-7-. The molecule has 0 unspecified atom stereocenters. The summed E-state index contributed by atoms with van der Waals surface area (Å²) in [5, 5.41) is 10.2. The predicted octanol–water partition coefficient (Wildman–Crippen LogP) is 5.38. The first-order valence-electron chi connectivity index (χ1n) is 9.75. The number of anilines is 1. The Hall–Kier alpha value is -3.38. The highest BCUT2D eigenvalue weighted by Gasteiger charge is 2.12. The number of pyridine rings is 1. The number of hydrogen-bond donors (Lipinski definition) is 1. The van der Waals surface area contributed by atoms with E-state index in [4.69, 9.17) is 4.98 Å². The summed E-state index contributed by atoms with van der Waals surface area (Å²) < 4.78 is 1.88. The quantitative estimate of drug-likeness (QED) is 0.393. The minimum absolute atomic E-state index is 0.662. The molecule has 30 heavy (non-hydrogen) atoms. The molecule has 0 fully saturated rings. The number of nitrogens with one attached hydrogen (secondary N) is 1. The molecule has 3 heterocycles. The molecule has 0 saturated heterocycles. The second-order valence-electron chi connectivity index (χ2n) is 6.71. The Morgan fingerprint density at radius 1 is 1.07 bits per heavy atom. The van der Waals surface area contributed by atoms with Crippen LogP contribution in [0.3, 0.4) is 0 Å². The van der Waals surface area contributed by atoms with Crippen LogP contribution in [0.4, 0.5) is 5.82 Å². The number of nitrogens with zero attached hydrogens (tertiary/aromatic N) is 4. The van der Waals surface area contributed by atoms with E-state index >= 15 is 0 Å². The smallest absolute Gasteiger partial charge is 0.161 e. The predicted molar refractivity (Wildman–Crippen MR) is 125 cm³/mol. The zero-order valence-corrected chi connectivity index (χ0v) is 17.6. The van der Waals surface area contributed by atoms with E-state index in [1.165, 1.54) is 0 Å². The van der Waals surface area contributed by atoms with Gasteiger partial charge in [-0.05, 0) is 29.7 Å². The fourth-order valence-corrected chi connectivity index (χ4v) is 3.38. The molecule has 1 N–H and O–H groups in total. The molecule has 5 nitrogen and oxygen atoms in total.